The second kappa shape index (κ2) is 13.2. The van der Waals surface area contributed by atoms with Gasteiger partial charge in [-0.25, -0.2) is 13.2 Å². The minimum absolute atomic E-state index is 0.0894. The van der Waals surface area contributed by atoms with Gasteiger partial charge in [0.05, 0.1) is 0 Å². The molecule has 3 aromatic carbocycles. The number of hydrogen-bond donors (Lipinski definition) is 0. The van der Waals surface area contributed by atoms with Gasteiger partial charge in [0.2, 0.25) is 0 Å². The Morgan fingerprint density at radius 3 is 2.15 bits per heavy atom. The van der Waals surface area contributed by atoms with Gasteiger partial charge in [-0.2, -0.15) is 13.2 Å². The van der Waals surface area contributed by atoms with Crippen molar-refractivity contribution in [1.29, 1.82) is 0 Å². The first-order chi connectivity index (χ1) is 19.1. The third-order valence-corrected chi connectivity index (χ3v) is 6.59. The van der Waals surface area contributed by atoms with E-state index in [1.165, 1.54) is 5.56 Å². The highest BCUT2D eigenvalue weighted by atomic mass is 19.4. The highest BCUT2D eigenvalue weighted by Crippen LogP contribution is 2.28. The van der Waals surface area contributed by atoms with E-state index in [0.29, 0.717) is 17.6 Å². The molecule has 0 saturated carbocycles. The van der Waals surface area contributed by atoms with E-state index in [4.69, 9.17) is 4.74 Å². The number of methoxy groups -OCH3 is 1. The zero-order chi connectivity index (χ0) is 28.7. The predicted octanol–water partition coefficient (Wildman–Crippen LogP) is 7.74. The first kappa shape index (κ1) is 29.4. The fourth-order valence-corrected chi connectivity index (χ4v) is 4.51. The number of nitrogens with zero attached hydrogens (tertiary/aromatic N) is 1. The van der Waals surface area contributed by atoms with E-state index >= 15 is 4.39 Å². The van der Waals surface area contributed by atoms with Crippen LogP contribution in [0.1, 0.15) is 34.4 Å². The van der Waals surface area contributed by atoms with Crippen molar-refractivity contribution >= 4 is 10.8 Å². The standard InChI is InChI=1S/C31H29F6NO2/c1-39-14-2-3-21-6-12-25(38-18-21)11-5-20-7-13-26-24(15-20)10-9-23(29(26)34)8-4-22-16-27(32)30(28(33)17-22)40-19-31(35,36)37/h6-7,9-10,12-13,15-18H,2-5,8,11,14,19H2,1H3. The maximum absolute atomic E-state index is 15.2. The lowest BCUT2D eigenvalue weighted by Crippen LogP contribution is -2.20. The van der Waals surface area contributed by atoms with E-state index in [-0.39, 0.29) is 18.4 Å². The van der Waals surface area contributed by atoms with Crippen LogP contribution in [0.2, 0.25) is 0 Å². The smallest absolute Gasteiger partial charge is 0.422 e. The number of aromatic nitrogens is 1. The summed E-state index contributed by atoms with van der Waals surface area (Å²) in [5, 5.41) is 1.18. The molecule has 0 aliphatic carbocycles. The molecule has 0 radical (unpaired) electrons. The van der Waals surface area contributed by atoms with Crippen molar-refractivity contribution in [2.75, 3.05) is 20.3 Å². The summed E-state index contributed by atoms with van der Waals surface area (Å²) >= 11 is 0. The third kappa shape index (κ3) is 7.97. The van der Waals surface area contributed by atoms with E-state index in [2.05, 4.69) is 15.8 Å². The van der Waals surface area contributed by atoms with Gasteiger partial charge in [-0.3, -0.25) is 4.98 Å². The summed E-state index contributed by atoms with van der Waals surface area (Å²) in [4.78, 5) is 4.54. The Morgan fingerprint density at radius 2 is 1.48 bits per heavy atom. The summed E-state index contributed by atoms with van der Waals surface area (Å²) in [6.45, 7) is -1.09. The lowest BCUT2D eigenvalue weighted by atomic mass is 9.97. The molecule has 0 N–H and O–H groups in total. The van der Waals surface area contributed by atoms with Crippen LogP contribution in [-0.2, 0) is 36.8 Å². The molecule has 1 aromatic heterocycles. The number of hydrogen-bond acceptors (Lipinski definition) is 3. The van der Waals surface area contributed by atoms with Gasteiger partial charge in [0, 0.05) is 31.0 Å². The largest absolute Gasteiger partial charge is 0.478 e. The van der Waals surface area contributed by atoms with E-state index < -0.39 is 36.0 Å². The molecule has 0 amide bonds. The van der Waals surface area contributed by atoms with Crippen molar-refractivity contribution in [3.8, 4) is 5.75 Å². The van der Waals surface area contributed by atoms with Crippen molar-refractivity contribution in [3.05, 3.63) is 106 Å². The van der Waals surface area contributed by atoms with Gasteiger partial charge >= 0.3 is 6.18 Å². The average Bonchev–Trinajstić information content (AvgIpc) is 2.91. The molecule has 4 aromatic rings. The summed E-state index contributed by atoms with van der Waals surface area (Å²) in [5.41, 5.74) is 3.74. The molecule has 40 heavy (non-hydrogen) atoms. The molecule has 212 valence electrons. The van der Waals surface area contributed by atoms with Crippen LogP contribution in [0.4, 0.5) is 26.3 Å². The summed E-state index contributed by atoms with van der Waals surface area (Å²) in [6.07, 6.45) is 0.762. The second-order valence-electron chi connectivity index (χ2n) is 9.64. The molecule has 1 heterocycles. The number of halogens is 6. The molecule has 3 nitrogen and oxygen atoms in total. The molecular formula is C31H29F6NO2. The Balaban J connectivity index is 1.37. The molecule has 0 bridgehead atoms. The molecule has 0 fully saturated rings. The quantitative estimate of drug-likeness (QED) is 0.131. The SMILES string of the molecule is COCCCc1ccc(CCc2ccc3c(F)c(CCc4cc(F)c(OCC(F)(F)F)c(F)c4)ccc3c2)nc1. The molecule has 0 saturated heterocycles. The highest BCUT2D eigenvalue weighted by Gasteiger charge is 2.30. The number of fused-ring (bicyclic) bond motifs is 1. The van der Waals surface area contributed by atoms with Gasteiger partial charge in [-0.05, 0) is 84.4 Å². The van der Waals surface area contributed by atoms with E-state index in [1.807, 2.05) is 24.4 Å². The summed E-state index contributed by atoms with van der Waals surface area (Å²) in [6, 6.07) is 14.9. The molecule has 0 spiro atoms. The lowest BCUT2D eigenvalue weighted by Gasteiger charge is -2.12. The highest BCUT2D eigenvalue weighted by molar-refractivity contribution is 5.84. The summed E-state index contributed by atoms with van der Waals surface area (Å²) in [7, 11) is 1.68. The van der Waals surface area contributed by atoms with Crippen LogP contribution >= 0.6 is 0 Å². The zero-order valence-electron chi connectivity index (χ0n) is 22.0. The molecule has 0 aliphatic heterocycles. The lowest BCUT2D eigenvalue weighted by molar-refractivity contribution is -0.154. The van der Waals surface area contributed by atoms with Crippen LogP contribution in [0.5, 0.6) is 5.75 Å². The van der Waals surface area contributed by atoms with Crippen molar-refractivity contribution < 1.29 is 35.8 Å². The molecule has 4 rings (SSSR count). The number of pyridine rings is 1. The Kier molecular flexibility index (Phi) is 9.68. The van der Waals surface area contributed by atoms with Crippen LogP contribution < -0.4 is 4.74 Å². The van der Waals surface area contributed by atoms with Crippen LogP contribution in [0.25, 0.3) is 10.8 Å². The van der Waals surface area contributed by atoms with Gasteiger partial charge in [-0.1, -0.05) is 36.4 Å². The van der Waals surface area contributed by atoms with Crippen LogP contribution in [-0.4, -0.2) is 31.5 Å². The zero-order valence-corrected chi connectivity index (χ0v) is 22.0. The molecule has 0 atom stereocenters. The van der Waals surface area contributed by atoms with Crippen molar-refractivity contribution in [1.82, 2.24) is 4.98 Å². The third-order valence-electron chi connectivity index (χ3n) is 6.59. The fraction of sp³-hybridized carbons (Fsp3) is 0.323. The molecular weight excluding hydrogens is 532 g/mol. The van der Waals surface area contributed by atoms with Gasteiger partial charge in [0.25, 0.3) is 0 Å². The van der Waals surface area contributed by atoms with E-state index in [0.717, 1.165) is 54.5 Å². The number of rotatable bonds is 12. The number of ether oxygens (including phenoxy) is 2. The Morgan fingerprint density at radius 1 is 0.750 bits per heavy atom. The van der Waals surface area contributed by atoms with E-state index in [1.54, 1.807) is 25.3 Å². The normalized spacial score (nSPS) is 11.8. The molecule has 0 aliphatic rings. The van der Waals surface area contributed by atoms with Gasteiger partial charge in [-0.15, -0.1) is 0 Å². The van der Waals surface area contributed by atoms with Gasteiger partial charge < -0.3 is 9.47 Å². The minimum atomic E-state index is -4.72. The summed E-state index contributed by atoms with van der Waals surface area (Å²) in [5.74, 6) is -3.97. The Bertz CT molecular complexity index is 1410. The first-order valence-electron chi connectivity index (χ1n) is 12.9. The second-order valence-corrected chi connectivity index (χ2v) is 9.64. The van der Waals surface area contributed by atoms with E-state index in [9.17, 15) is 22.0 Å². The maximum Gasteiger partial charge on any atom is 0.422 e. The number of benzene rings is 3. The fourth-order valence-electron chi connectivity index (χ4n) is 4.51. The minimum Gasteiger partial charge on any atom is -0.478 e. The first-order valence-corrected chi connectivity index (χ1v) is 12.9. The van der Waals surface area contributed by atoms with Crippen LogP contribution in [0.15, 0.2) is 60.8 Å². The van der Waals surface area contributed by atoms with Crippen LogP contribution in [0.3, 0.4) is 0 Å². The maximum atomic E-state index is 15.2. The average molecular weight is 562 g/mol. The number of alkyl halides is 3. The molecule has 9 heteroatoms. The van der Waals surface area contributed by atoms with Crippen molar-refractivity contribution in [3.63, 3.8) is 0 Å². The van der Waals surface area contributed by atoms with Crippen molar-refractivity contribution in [2.24, 2.45) is 0 Å². The Hall–Kier alpha value is -3.59. The topological polar surface area (TPSA) is 31.4 Å². The monoisotopic (exact) mass is 561 g/mol. The Labute approximate surface area is 228 Å². The number of aryl methyl sites for hydroxylation is 5. The predicted molar refractivity (Wildman–Crippen MR) is 141 cm³/mol. The van der Waals surface area contributed by atoms with Crippen LogP contribution in [0, 0.1) is 17.5 Å². The van der Waals surface area contributed by atoms with Gasteiger partial charge in [0.15, 0.2) is 24.0 Å². The van der Waals surface area contributed by atoms with Gasteiger partial charge in [0.1, 0.15) is 5.82 Å². The van der Waals surface area contributed by atoms with Crippen molar-refractivity contribution in [2.45, 2.75) is 44.7 Å². The molecule has 0 unspecified atom stereocenters. The summed E-state index contributed by atoms with van der Waals surface area (Å²) < 4.78 is 89.8.